The van der Waals surface area contributed by atoms with Crippen molar-refractivity contribution in [1.29, 1.82) is 0 Å². The van der Waals surface area contributed by atoms with E-state index in [9.17, 15) is 22.8 Å². The van der Waals surface area contributed by atoms with E-state index in [-0.39, 0.29) is 24.3 Å². The molecule has 7 nitrogen and oxygen atoms in total. The van der Waals surface area contributed by atoms with Gasteiger partial charge >= 0.3 is 12.1 Å². The number of piperidine rings is 1. The molecule has 1 aliphatic heterocycles. The first-order chi connectivity index (χ1) is 15.8. The third-order valence-corrected chi connectivity index (χ3v) is 6.81. The standard InChI is InChI=1S/C24H43F3N2O5/c1-8-9-12-28(5)19(18-10-13-29(14-11-18)16-24(25,26)27)15-34-22(31)23(3,4)20(30)17(2)21(32-6)33-7/h17-19,21H,8-16H2,1-7H3/t17-,19?/m0/s1. The Kier molecular flexibility index (Phi) is 12.5. The van der Waals surface area contributed by atoms with Crippen molar-refractivity contribution in [2.45, 2.75) is 71.9 Å². The molecule has 0 N–H and O–H groups in total. The second kappa shape index (κ2) is 13.8. The molecule has 1 aliphatic rings. The third kappa shape index (κ3) is 9.09. The summed E-state index contributed by atoms with van der Waals surface area (Å²) in [6, 6.07) is -0.127. The zero-order chi connectivity index (χ0) is 26.1. The Hall–Kier alpha value is -1.23. The maximum absolute atomic E-state index is 13.0. The number of methoxy groups -OCH3 is 2. The van der Waals surface area contributed by atoms with E-state index in [4.69, 9.17) is 14.2 Å². The Labute approximate surface area is 202 Å². The lowest BCUT2D eigenvalue weighted by atomic mass is 9.81. The molecule has 0 aliphatic carbocycles. The van der Waals surface area contributed by atoms with Crippen molar-refractivity contribution in [3.05, 3.63) is 0 Å². The molecule has 10 heteroatoms. The van der Waals surface area contributed by atoms with Crippen LogP contribution < -0.4 is 0 Å². The highest BCUT2D eigenvalue weighted by atomic mass is 19.4. The number of rotatable bonds is 14. The van der Waals surface area contributed by atoms with Crippen LogP contribution in [0.4, 0.5) is 13.2 Å². The summed E-state index contributed by atoms with van der Waals surface area (Å²) in [5, 5.41) is 0. The minimum absolute atomic E-state index is 0.0893. The Morgan fingerprint density at radius 3 is 2.15 bits per heavy atom. The third-order valence-electron chi connectivity index (χ3n) is 6.81. The molecule has 1 rings (SSSR count). The molecule has 200 valence electrons. The Morgan fingerprint density at radius 1 is 1.12 bits per heavy atom. The quantitative estimate of drug-likeness (QED) is 0.206. The number of carbonyl (C=O) groups is 2. The minimum Gasteiger partial charge on any atom is -0.463 e. The molecule has 0 aromatic heterocycles. The molecule has 0 amide bonds. The molecule has 1 fully saturated rings. The van der Waals surface area contributed by atoms with Gasteiger partial charge in [0.1, 0.15) is 12.0 Å². The lowest BCUT2D eigenvalue weighted by Crippen LogP contribution is -2.49. The van der Waals surface area contributed by atoms with Gasteiger partial charge in [0.2, 0.25) is 0 Å². The Balaban J connectivity index is 2.84. The fraction of sp³-hybridized carbons (Fsp3) is 0.917. The monoisotopic (exact) mass is 496 g/mol. The number of ketones is 1. The molecular formula is C24H43F3N2O5. The summed E-state index contributed by atoms with van der Waals surface area (Å²) in [5.74, 6) is -1.54. The molecule has 1 unspecified atom stereocenters. The molecule has 2 atom stereocenters. The summed E-state index contributed by atoms with van der Waals surface area (Å²) in [6.07, 6.45) is -1.82. The van der Waals surface area contributed by atoms with Gasteiger partial charge < -0.3 is 14.2 Å². The van der Waals surface area contributed by atoms with Crippen LogP contribution in [-0.4, -0.2) is 94.1 Å². The van der Waals surface area contributed by atoms with Crippen LogP contribution in [0.15, 0.2) is 0 Å². The Bertz CT molecular complexity index is 633. The first-order valence-electron chi connectivity index (χ1n) is 12.0. The van der Waals surface area contributed by atoms with Gasteiger partial charge in [0.15, 0.2) is 12.1 Å². The fourth-order valence-electron chi connectivity index (χ4n) is 4.59. The van der Waals surface area contributed by atoms with Gasteiger partial charge in [-0.1, -0.05) is 20.3 Å². The molecule has 0 saturated carbocycles. The second-order valence-corrected chi connectivity index (χ2v) is 9.85. The summed E-state index contributed by atoms with van der Waals surface area (Å²) in [6.45, 7) is 7.48. The smallest absolute Gasteiger partial charge is 0.401 e. The van der Waals surface area contributed by atoms with E-state index in [1.54, 1.807) is 6.92 Å². The summed E-state index contributed by atoms with van der Waals surface area (Å²) in [5.41, 5.74) is -1.39. The summed E-state index contributed by atoms with van der Waals surface area (Å²) in [7, 11) is 4.82. The van der Waals surface area contributed by atoms with Gasteiger partial charge in [0.25, 0.3) is 0 Å². The predicted molar refractivity (Wildman–Crippen MR) is 123 cm³/mol. The van der Waals surface area contributed by atoms with E-state index in [0.29, 0.717) is 25.9 Å². The zero-order valence-corrected chi connectivity index (χ0v) is 21.7. The number of hydrogen-bond acceptors (Lipinski definition) is 7. The molecule has 0 radical (unpaired) electrons. The van der Waals surface area contributed by atoms with Crippen LogP contribution in [0.3, 0.4) is 0 Å². The maximum Gasteiger partial charge on any atom is 0.401 e. The molecule has 1 saturated heterocycles. The van der Waals surface area contributed by atoms with Crippen molar-refractivity contribution in [2.75, 3.05) is 54.1 Å². The number of esters is 1. The molecule has 0 aromatic carbocycles. The van der Waals surface area contributed by atoms with Crippen LogP contribution in [0, 0.1) is 17.3 Å². The number of likely N-dealkylation sites (tertiary alicyclic amines) is 1. The van der Waals surface area contributed by atoms with E-state index >= 15 is 0 Å². The lowest BCUT2D eigenvalue weighted by molar-refractivity contribution is -0.172. The SMILES string of the molecule is CCCCN(C)C(COC(=O)C(C)(C)C(=O)[C@H](C)C(OC)OC)C1CCN(CC(F)(F)F)CC1. The summed E-state index contributed by atoms with van der Waals surface area (Å²) < 4.78 is 54.3. The number of unbranched alkanes of at least 4 members (excludes halogenated alkanes) is 1. The van der Waals surface area contributed by atoms with Gasteiger partial charge in [-0.25, -0.2) is 0 Å². The first kappa shape index (κ1) is 30.8. The lowest BCUT2D eigenvalue weighted by Gasteiger charge is -2.40. The van der Waals surface area contributed by atoms with Crippen LogP contribution in [0.2, 0.25) is 0 Å². The molecule has 34 heavy (non-hydrogen) atoms. The number of alkyl halides is 3. The highest BCUT2D eigenvalue weighted by molar-refractivity contribution is 6.04. The van der Waals surface area contributed by atoms with E-state index in [0.717, 1.165) is 19.4 Å². The average Bonchev–Trinajstić information content (AvgIpc) is 2.77. The minimum atomic E-state index is -4.21. The number of ether oxygens (including phenoxy) is 3. The van der Waals surface area contributed by atoms with Crippen LogP contribution in [-0.2, 0) is 23.8 Å². The van der Waals surface area contributed by atoms with E-state index in [1.807, 2.05) is 7.05 Å². The van der Waals surface area contributed by atoms with Crippen LogP contribution in [0.1, 0.15) is 53.4 Å². The number of halogens is 3. The number of nitrogens with zero attached hydrogens (tertiary/aromatic N) is 2. The largest absolute Gasteiger partial charge is 0.463 e. The molecule has 0 spiro atoms. The number of hydrogen-bond donors (Lipinski definition) is 0. The van der Waals surface area contributed by atoms with Crippen molar-refractivity contribution in [3.8, 4) is 0 Å². The normalized spacial score (nSPS) is 18.4. The molecule has 0 bridgehead atoms. The highest BCUT2D eigenvalue weighted by Gasteiger charge is 2.43. The Morgan fingerprint density at radius 2 is 1.68 bits per heavy atom. The summed E-state index contributed by atoms with van der Waals surface area (Å²) in [4.78, 5) is 29.5. The first-order valence-corrected chi connectivity index (χ1v) is 12.0. The van der Waals surface area contributed by atoms with Crippen LogP contribution in [0.25, 0.3) is 0 Å². The number of likely N-dealkylation sites (N-methyl/N-ethyl adjacent to an activating group) is 1. The molecule has 1 heterocycles. The van der Waals surface area contributed by atoms with Gasteiger partial charge in [-0.15, -0.1) is 0 Å². The zero-order valence-electron chi connectivity index (χ0n) is 21.7. The van der Waals surface area contributed by atoms with Gasteiger partial charge in [0.05, 0.1) is 12.5 Å². The van der Waals surface area contributed by atoms with E-state index in [2.05, 4.69) is 11.8 Å². The molecule has 0 aromatic rings. The van der Waals surface area contributed by atoms with Crippen molar-refractivity contribution in [1.82, 2.24) is 9.80 Å². The van der Waals surface area contributed by atoms with Crippen molar-refractivity contribution in [2.24, 2.45) is 17.3 Å². The van der Waals surface area contributed by atoms with Crippen molar-refractivity contribution < 1.29 is 37.0 Å². The molecular weight excluding hydrogens is 453 g/mol. The van der Waals surface area contributed by atoms with E-state index in [1.165, 1.54) is 33.0 Å². The fourth-order valence-corrected chi connectivity index (χ4v) is 4.59. The highest BCUT2D eigenvalue weighted by Crippen LogP contribution is 2.29. The van der Waals surface area contributed by atoms with Gasteiger partial charge in [-0.3, -0.25) is 19.4 Å². The second-order valence-electron chi connectivity index (χ2n) is 9.85. The summed E-state index contributed by atoms with van der Waals surface area (Å²) >= 11 is 0. The maximum atomic E-state index is 13.0. The van der Waals surface area contributed by atoms with Crippen molar-refractivity contribution >= 4 is 11.8 Å². The van der Waals surface area contributed by atoms with Crippen molar-refractivity contribution in [3.63, 3.8) is 0 Å². The van der Waals surface area contributed by atoms with Gasteiger partial charge in [-0.2, -0.15) is 13.2 Å². The predicted octanol–water partition coefficient (Wildman–Crippen LogP) is 3.75. The van der Waals surface area contributed by atoms with Crippen LogP contribution in [0.5, 0.6) is 0 Å². The number of carbonyl (C=O) groups excluding carboxylic acids is 2. The van der Waals surface area contributed by atoms with Gasteiger partial charge in [-0.05, 0) is 65.7 Å². The van der Waals surface area contributed by atoms with Crippen LogP contribution >= 0.6 is 0 Å². The average molecular weight is 497 g/mol. The topological polar surface area (TPSA) is 68.3 Å². The number of Topliss-reactive ketones (excluding diaryl/α,β-unsaturated/α-hetero) is 1. The van der Waals surface area contributed by atoms with Gasteiger partial charge in [0, 0.05) is 20.3 Å². The van der Waals surface area contributed by atoms with E-state index < -0.39 is 36.3 Å².